The molecule has 1 heterocycles. The van der Waals surface area contributed by atoms with Crippen LogP contribution in [0.25, 0.3) is 0 Å². The van der Waals surface area contributed by atoms with Crippen LogP contribution in [-0.2, 0) is 9.53 Å². The van der Waals surface area contributed by atoms with Crippen LogP contribution in [0.1, 0.15) is 46.5 Å². The standard InChI is InChI=1S/C14H24N2O4/c1-13(2,3)20-12(19)15-14(8-11(17)18)6-7-16(9-14)10-4-5-10/h10H,4-9H2,1-3H3,(H,15,19)(H,17,18). The molecule has 1 saturated heterocycles. The largest absolute Gasteiger partial charge is 0.481 e. The highest BCUT2D eigenvalue weighted by Crippen LogP contribution is 2.35. The number of amides is 1. The van der Waals surface area contributed by atoms with Gasteiger partial charge in [-0.05, 0) is 40.0 Å². The van der Waals surface area contributed by atoms with E-state index in [2.05, 4.69) is 10.2 Å². The minimum atomic E-state index is -0.890. The zero-order valence-corrected chi connectivity index (χ0v) is 12.4. The summed E-state index contributed by atoms with van der Waals surface area (Å²) in [6, 6.07) is 0.575. The lowest BCUT2D eigenvalue weighted by Gasteiger charge is -2.30. The lowest BCUT2D eigenvalue weighted by atomic mass is 9.94. The summed E-state index contributed by atoms with van der Waals surface area (Å²) in [5.74, 6) is -0.890. The number of rotatable bonds is 4. The van der Waals surface area contributed by atoms with E-state index in [1.807, 2.05) is 0 Å². The molecule has 0 aromatic rings. The molecule has 0 spiro atoms. The predicted octanol–water partition coefficient (Wildman–Crippen LogP) is 1.59. The summed E-state index contributed by atoms with van der Waals surface area (Å²) in [6.45, 7) is 6.82. The molecule has 2 N–H and O–H groups in total. The van der Waals surface area contributed by atoms with Crippen molar-refractivity contribution in [3.05, 3.63) is 0 Å². The van der Waals surface area contributed by atoms with Crippen molar-refractivity contribution in [2.45, 2.75) is 63.6 Å². The highest BCUT2D eigenvalue weighted by Gasteiger charge is 2.45. The van der Waals surface area contributed by atoms with Crippen molar-refractivity contribution in [1.29, 1.82) is 0 Å². The third-order valence-electron chi connectivity index (χ3n) is 3.70. The number of alkyl carbamates (subject to hydrolysis) is 1. The number of likely N-dealkylation sites (tertiary alicyclic amines) is 1. The number of nitrogens with zero attached hydrogens (tertiary/aromatic N) is 1. The summed E-state index contributed by atoms with van der Waals surface area (Å²) in [6.07, 6.45) is 2.42. The molecule has 0 aromatic carbocycles. The molecule has 6 heteroatoms. The number of hydrogen-bond donors (Lipinski definition) is 2. The van der Waals surface area contributed by atoms with Crippen LogP contribution in [0.4, 0.5) is 4.79 Å². The van der Waals surface area contributed by atoms with Crippen molar-refractivity contribution in [2.75, 3.05) is 13.1 Å². The monoisotopic (exact) mass is 284 g/mol. The number of ether oxygens (including phenoxy) is 1. The summed E-state index contributed by atoms with van der Waals surface area (Å²) < 4.78 is 5.26. The minimum absolute atomic E-state index is 0.0601. The van der Waals surface area contributed by atoms with E-state index >= 15 is 0 Å². The van der Waals surface area contributed by atoms with Crippen molar-refractivity contribution >= 4 is 12.1 Å². The van der Waals surface area contributed by atoms with Gasteiger partial charge < -0.3 is 15.2 Å². The fourth-order valence-electron chi connectivity index (χ4n) is 2.76. The molecule has 1 aliphatic heterocycles. The first-order chi connectivity index (χ1) is 9.19. The molecule has 1 saturated carbocycles. The summed E-state index contributed by atoms with van der Waals surface area (Å²) in [7, 11) is 0. The van der Waals surface area contributed by atoms with Gasteiger partial charge in [-0.3, -0.25) is 9.69 Å². The molecule has 114 valence electrons. The maximum atomic E-state index is 11.9. The third kappa shape index (κ3) is 4.10. The molecule has 0 aromatic heterocycles. The van der Waals surface area contributed by atoms with E-state index in [-0.39, 0.29) is 6.42 Å². The number of carboxylic acid groups (broad SMARTS) is 1. The molecule has 1 amide bonds. The lowest BCUT2D eigenvalue weighted by molar-refractivity contribution is -0.138. The zero-order chi connectivity index (χ0) is 15.0. The van der Waals surface area contributed by atoms with Gasteiger partial charge in [-0.25, -0.2) is 4.79 Å². The number of hydrogen-bond acceptors (Lipinski definition) is 4. The fourth-order valence-corrected chi connectivity index (χ4v) is 2.76. The van der Waals surface area contributed by atoms with E-state index < -0.39 is 23.2 Å². The lowest BCUT2D eigenvalue weighted by Crippen LogP contribution is -2.53. The molecule has 2 fully saturated rings. The Balaban J connectivity index is 2.00. The van der Waals surface area contributed by atoms with Gasteiger partial charge in [0.2, 0.25) is 0 Å². The Labute approximate surface area is 119 Å². The molecule has 0 bridgehead atoms. The normalized spacial score (nSPS) is 27.4. The Hall–Kier alpha value is -1.30. The van der Waals surface area contributed by atoms with Crippen molar-refractivity contribution in [2.24, 2.45) is 0 Å². The highest BCUT2D eigenvalue weighted by atomic mass is 16.6. The number of carboxylic acids is 1. The van der Waals surface area contributed by atoms with Crippen molar-refractivity contribution in [1.82, 2.24) is 10.2 Å². The van der Waals surface area contributed by atoms with E-state index in [0.29, 0.717) is 19.0 Å². The Morgan fingerprint density at radius 1 is 1.40 bits per heavy atom. The summed E-state index contributed by atoms with van der Waals surface area (Å²) in [5.41, 5.74) is -1.28. The second kappa shape index (κ2) is 5.24. The van der Waals surface area contributed by atoms with Crippen LogP contribution in [0.2, 0.25) is 0 Å². The fraction of sp³-hybridized carbons (Fsp3) is 0.857. The number of carbonyl (C=O) groups is 2. The number of nitrogens with one attached hydrogen (secondary N) is 1. The van der Waals surface area contributed by atoms with Crippen molar-refractivity contribution in [3.8, 4) is 0 Å². The van der Waals surface area contributed by atoms with Crippen molar-refractivity contribution in [3.63, 3.8) is 0 Å². The highest BCUT2D eigenvalue weighted by molar-refractivity contribution is 5.73. The molecule has 6 nitrogen and oxygen atoms in total. The first kappa shape index (κ1) is 15.1. The molecule has 20 heavy (non-hydrogen) atoms. The molecule has 2 rings (SSSR count). The summed E-state index contributed by atoms with van der Waals surface area (Å²) >= 11 is 0. The van der Waals surface area contributed by atoms with Gasteiger partial charge in [-0.2, -0.15) is 0 Å². The topological polar surface area (TPSA) is 78.9 Å². The average molecular weight is 284 g/mol. The number of carbonyl (C=O) groups excluding carboxylic acids is 1. The quantitative estimate of drug-likeness (QED) is 0.819. The van der Waals surface area contributed by atoms with Crippen molar-refractivity contribution < 1.29 is 19.4 Å². The summed E-state index contributed by atoms with van der Waals surface area (Å²) in [5, 5.41) is 11.9. The van der Waals surface area contributed by atoms with Gasteiger partial charge in [0.15, 0.2) is 0 Å². The third-order valence-corrected chi connectivity index (χ3v) is 3.70. The van der Waals surface area contributed by atoms with Crippen LogP contribution in [0.3, 0.4) is 0 Å². The number of aliphatic carboxylic acids is 1. The van der Waals surface area contributed by atoms with E-state index in [1.165, 1.54) is 12.8 Å². The van der Waals surface area contributed by atoms with Crippen LogP contribution >= 0.6 is 0 Å². The van der Waals surface area contributed by atoms with Gasteiger partial charge in [0.1, 0.15) is 5.60 Å². The van der Waals surface area contributed by atoms with Gasteiger partial charge in [0.05, 0.1) is 12.0 Å². The minimum Gasteiger partial charge on any atom is -0.481 e. The SMILES string of the molecule is CC(C)(C)OC(=O)NC1(CC(=O)O)CCN(C2CC2)C1. The Morgan fingerprint density at radius 3 is 2.55 bits per heavy atom. The van der Waals surface area contributed by atoms with Gasteiger partial charge in [-0.1, -0.05) is 0 Å². The first-order valence-electron chi connectivity index (χ1n) is 7.16. The molecular weight excluding hydrogens is 260 g/mol. The van der Waals surface area contributed by atoms with Crippen LogP contribution in [0, 0.1) is 0 Å². The van der Waals surface area contributed by atoms with Gasteiger partial charge in [0.25, 0.3) is 0 Å². The average Bonchev–Trinajstić information content (AvgIpc) is 2.99. The summed E-state index contributed by atoms with van der Waals surface area (Å²) in [4.78, 5) is 25.3. The second-order valence-electron chi connectivity index (χ2n) is 6.93. The van der Waals surface area contributed by atoms with E-state index in [4.69, 9.17) is 9.84 Å². The van der Waals surface area contributed by atoms with E-state index in [1.54, 1.807) is 20.8 Å². The van der Waals surface area contributed by atoms with Crippen LogP contribution in [0.5, 0.6) is 0 Å². The Morgan fingerprint density at radius 2 is 2.05 bits per heavy atom. The molecule has 1 unspecified atom stereocenters. The maximum absolute atomic E-state index is 11.9. The molecule has 1 aliphatic carbocycles. The smallest absolute Gasteiger partial charge is 0.408 e. The molecular formula is C14H24N2O4. The second-order valence-corrected chi connectivity index (χ2v) is 6.93. The maximum Gasteiger partial charge on any atom is 0.408 e. The van der Waals surface area contributed by atoms with Gasteiger partial charge in [0, 0.05) is 19.1 Å². The Bertz CT molecular complexity index is 400. The first-order valence-corrected chi connectivity index (χ1v) is 7.16. The van der Waals surface area contributed by atoms with E-state index in [0.717, 1.165) is 6.54 Å². The molecule has 1 atom stereocenters. The van der Waals surface area contributed by atoms with Crippen LogP contribution < -0.4 is 5.32 Å². The van der Waals surface area contributed by atoms with Gasteiger partial charge in [-0.15, -0.1) is 0 Å². The van der Waals surface area contributed by atoms with Gasteiger partial charge >= 0.3 is 12.1 Å². The predicted molar refractivity (Wildman–Crippen MR) is 73.6 cm³/mol. The van der Waals surface area contributed by atoms with Crippen LogP contribution in [-0.4, -0.2) is 52.3 Å². The molecule has 0 radical (unpaired) electrons. The molecule has 2 aliphatic rings. The Kier molecular flexibility index (Phi) is 3.95. The van der Waals surface area contributed by atoms with E-state index in [9.17, 15) is 9.59 Å². The zero-order valence-electron chi connectivity index (χ0n) is 12.4. The van der Waals surface area contributed by atoms with Crippen LogP contribution in [0.15, 0.2) is 0 Å².